The van der Waals surface area contributed by atoms with Crippen LogP contribution in [-0.2, 0) is 14.3 Å². The van der Waals surface area contributed by atoms with Gasteiger partial charge >= 0.3 is 0 Å². The number of piperazine rings is 1. The first kappa shape index (κ1) is 16.7. The smallest absolute Gasteiger partial charge is 0.239 e. The Balaban J connectivity index is 1.47. The zero-order valence-electron chi connectivity index (χ0n) is 14.0. The molecule has 3 heterocycles. The minimum Gasteiger partial charge on any atom is -0.378 e. The van der Waals surface area contributed by atoms with Gasteiger partial charge in [-0.05, 0) is 26.3 Å². The summed E-state index contributed by atoms with van der Waals surface area (Å²) in [7, 11) is 0. The van der Waals surface area contributed by atoms with Gasteiger partial charge in [-0.2, -0.15) is 0 Å². The van der Waals surface area contributed by atoms with Gasteiger partial charge in [0.05, 0.1) is 25.3 Å². The molecule has 0 aromatic heterocycles. The van der Waals surface area contributed by atoms with Crippen molar-refractivity contribution in [1.29, 1.82) is 0 Å². The highest BCUT2D eigenvalue weighted by Crippen LogP contribution is 2.14. The molecule has 2 unspecified atom stereocenters. The second kappa shape index (κ2) is 7.59. The molecule has 3 aliphatic heterocycles. The van der Waals surface area contributed by atoms with Gasteiger partial charge in [0, 0.05) is 39.3 Å². The van der Waals surface area contributed by atoms with Crippen LogP contribution in [-0.4, -0.2) is 97.6 Å². The van der Waals surface area contributed by atoms with E-state index in [1.54, 1.807) is 0 Å². The monoisotopic (exact) mass is 324 g/mol. The van der Waals surface area contributed by atoms with E-state index in [-0.39, 0.29) is 23.9 Å². The second-order valence-corrected chi connectivity index (χ2v) is 6.62. The molecule has 7 nitrogen and oxygen atoms in total. The Morgan fingerprint density at radius 3 is 2.35 bits per heavy atom. The lowest BCUT2D eigenvalue weighted by Crippen LogP contribution is -2.58. The Kier molecular flexibility index (Phi) is 5.50. The van der Waals surface area contributed by atoms with Crippen molar-refractivity contribution < 1.29 is 14.3 Å². The van der Waals surface area contributed by atoms with Crippen LogP contribution < -0.4 is 5.32 Å². The Bertz CT molecular complexity index is 425. The SMILES string of the molecule is CC(C(=O)N1CCOCC1)N1CCN(C(=O)C2CCCN2)CC1. The maximum Gasteiger partial charge on any atom is 0.239 e. The number of nitrogens with one attached hydrogen (secondary N) is 1. The van der Waals surface area contributed by atoms with Crippen molar-refractivity contribution in [3.63, 3.8) is 0 Å². The first-order valence-electron chi connectivity index (χ1n) is 8.79. The topological polar surface area (TPSA) is 65.1 Å². The molecule has 0 aromatic carbocycles. The van der Waals surface area contributed by atoms with Crippen molar-refractivity contribution in [1.82, 2.24) is 20.0 Å². The number of ether oxygens (including phenoxy) is 1. The maximum absolute atomic E-state index is 12.6. The van der Waals surface area contributed by atoms with Gasteiger partial charge in [-0.1, -0.05) is 0 Å². The van der Waals surface area contributed by atoms with Gasteiger partial charge in [-0.15, -0.1) is 0 Å². The summed E-state index contributed by atoms with van der Waals surface area (Å²) in [5.74, 6) is 0.417. The molecule has 0 saturated carbocycles. The highest BCUT2D eigenvalue weighted by atomic mass is 16.5. The fraction of sp³-hybridized carbons (Fsp3) is 0.875. The standard InChI is InChI=1S/C16H28N4O3/c1-13(15(21)20-9-11-23-12-10-20)18-5-7-19(8-6-18)16(22)14-3-2-4-17-14/h13-14,17H,2-12H2,1H3. The van der Waals surface area contributed by atoms with E-state index in [0.29, 0.717) is 26.3 Å². The molecule has 1 N–H and O–H groups in total. The van der Waals surface area contributed by atoms with E-state index in [2.05, 4.69) is 10.2 Å². The maximum atomic E-state index is 12.6. The summed E-state index contributed by atoms with van der Waals surface area (Å²) in [5.41, 5.74) is 0. The van der Waals surface area contributed by atoms with Crippen molar-refractivity contribution in [3.05, 3.63) is 0 Å². The Labute approximate surface area is 137 Å². The molecule has 3 aliphatic rings. The summed E-state index contributed by atoms with van der Waals surface area (Å²) in [5, 5.41) is 3.27. The molecule has 3 saturated heterocycles. The molecule has 0 radical (unpaired) electrons. The lowest BCUT2D eigenvalue weighted by Gasteiger charge is -2.40. The highest BCUT2D eigenvalue weighted by Gasteiger charge is 2.33. The van der Waals surface area contributed by atoms with Crippen LogP contribution in [0.1, 0.15) is 19.8 Å². The average Bonchev–Trinajstić information content (AvgIpc) is 3.15. The second-order valence-electron chi connectivity index (χ2n) is 6.62. The van der Waals surface area contributed by atoms with Gasteiger partial charge in [0.15, 0.2) is 0 Å². The molecule has 2 atom stereocenters. The summed E-state index contributed by atoms with van der Waals surface area (Å²) in [6.45, 7) is 8.56. The van der Waals surface area contributed by atoms with E-state index in [1.165, 1.54) is 0 Å². The van der Waals surface area contributed by atoms with E-state index >= 15 is 0 Å². The van der Waals surface area contributed by atoms with Crippen LogP contribution in [0.3, 0.4) is 0 Å². The molecule has 0 aliphatic carbocycles. The van der Waals surface area contributed by atoms with Crippen LogP contribution in [0.15, 0.2) is 0 Å². The van der Waals surface area contributed by atoms with Crippen LogP contribution in [0, 0.1) is 0 Å². The molecule has 2 amide bonds. The zero-order chi connectivity index (χ0) is 16.2. The third-order valence-electron chi connectivity index (χ3n) is 5.21. The Morgan fingerprint density at radius 1 is 1.04 bits per heavy atom. The quantitative estimate of drug-likeness (QED) is 0.731. The molecule has 23 heavy (non-hydrogen) atoms. The van der Waals surface area contributed by atoms with Crippen molar-refractivity contribution in [2.45, 2.75) is 31.8 Å². The fourth-order valence-electron chi connectivity index (χ4n) is 3.65. The minimum absolute atomic E-state index is 0.00829. The van der Waals surface area contributed by atoms with Crippen LogP contribution in [0.25, 0.3) is 0 Å². The number of hydrogen-bond acceptors (Lipinski definition) is 5. The van der Waals surface area contributed by atoms with Gasteiger partial charge in [-0.3, -0.25) is 14.5 Å². The third-order valence-corrected chi connectivity index (χ3v) is 5.21. The zero-order valence-corrected chi connectivity index (χ0v) is 14.0. The first-order valence-corrected chi connectivity index (χ1v) is 8.79. The van der Waals surface area contributed by atoms with Gasteiger partial charge in [0.1, 0.15) is 0 Å². The summed E-state index contributed by atoms with van der Waals surface area (Å²) in [6, 6.07) is -0.107. The normalized spacial score (nSPS) is 28.0. The lowest BCUT2D eigenvalue weighted by atomic mass is 10.1. The number of hydrogen-bond donors (Lipinski definition) is 1. The predicted molar refractivity (Wildman–Crippen MR) is 86.0 cm³/mol. The average molecular weight is 324 g/mol. The number of carbonyl (C=O) groups excluding carboxylic acids is 2. The molecular weight excluding hydrogens is 296 g/mol. The number of carbonyl (C=O) groups is 2. The van der Waals surface area contributed by atoms with E-state index < -0.39 is 0 Å². The highest BCUT2D eigenvalue weighted by molar-refractivity contribution is 5.83. The molecule has 0 spiro atoms. The summed E-state index contributed by atoms with van der Waals surface area (Å²) in [4.78, 5) is 31.0. The molecule has 7 heteroatoms. The molecule has 130 valence electrons. The van der Waals surface area contributed by atoms with Crippen LogP contribution in [0.4, 0.5) is 0 Å². The third kappa shape index (κ3) is 3.84. The van der Waals surface area contributed by atoms with Gasteiger partial charge in [0.2, 0.25) is 11.8 Å². The molecule has 3 fully saturated rings. The fourth-order valence-corrected chi connectivity index (χ4v) is 3.65. The van der Waals surface area contributed by atoms with Crippen LogP contribution in [0.2, 0.25) is 0 Å². The Hall–Kier alpha value is -1.18. The molecular formula is C16H28N4O3. The van der Waals surface area contributed by atoms with Crippen molar-refractivity contribution >= 4 is 11.8 Å². The summed E-state index contributed by atoms with van der Waals surface area (Å²) < 4.78 is 5.31. The van der Waals surface area contributed by atoms with Crippen LogP contribution in [0.5, 0.6) is 0 Å². The van der Waals surface area contributed by atoms with Gasteiger partial charge < -0.3 is 19.9 Å². The molecule has 0 bridgehead atoms. The molecule has 3 rings (SSSR count). The van der Waals surface area contributed by atoms with E-state index in [9.17, 15) is 9.59 Å². The number of rotatable bonds is 3. The van der Waals surface area contributed by atoms with Gasteiger partial charge in [-0.25, -0.2) is 0 Å². The van der Waals surface area contributed by atoms with Crippen molar-refractivity contribution in [2.24, 2.45) is 0 Å². The number of morpholine rings is 1. The summed E-state index contributed by atoms with van der Waals surface area (Å²) in [6.07, 6.45) is 2.03. The van der Waals surface area contributed by atoms with Gasteiger partial charge in [0.25, 0.3) is 0 Å². The number of nitrogens with zero attached hydrogens (tertiary/aromatic N) is 3. The van der Waals surface area contributed by atoms with Crippen LogP contribution >= 0.6 is 0 Å². The lowest BCUT2D eigenvalue weighted by molar-refractivity contribution is -0.142. The largest absolute Gasteiger partial charge is 0.378 e. The summed E-state index contributed by atoms with van der Waals surface area (Å²) >= 11 is 0. The van der Waals surface area contributed by atoms with E-state index in [0.717, 1.165) is 45.6 Å². The number of amides is 2. The molecule has 0 aromatic rings. The van der Waals surface area contributed by atoms with Crippen molar-refractivity contribution in [2.75, 3.05) is 59.0 Å². The van der Waals surface area contributed by atoms with E-state index in [4.69, 9.17) is 4.74 Å². The predicted octanol–water partition coefficient (Wildman–Crippen LogP) is -0.870. The Morgan fingerprint density at radius 2 is 1.74 bits per heavy atom. The minimum atomic E-state index is -0.116. The van der Waals surface area contributed by atoms with E-state index in [1.807, 2.05) is 16.7 Å². The van der Waals surface area contributed by atoms with Crippen molar-refractivity contribution in [3.8, 4) is 0 Å². The first-order chi connectivity index (χ1) is 11.2.